The molecule has 4 aromatic rings. The maximum absolute atomic E-state index is 15.5. The number of benzene rings is 1. The molecule has 3 fully saturated rings. The molecule has 2 saturated heterocycles. The van der Waals surface area contributed by atoms with Gasteiger partial charge in [-0.1, -0.05) is 6.07 Å². The zero-order chi connectivity index (χ0) is 27.2. The number of nitrogen functional groups attached to an aromatic ring is 1. The monoisotopic (exact) mass is 541 g/mol. The van der Waals surface area contributed by atoms with E-state index in [1.165, 1.54) is 44.7 Å². The molecular weight excluding hydrogens is 505 g/mol. The minimum Gasteiger partial charge on any atom is -0.384 e. The Hall–Kier alpha value is -3.76. The first-order valence-corrected chi connectivity index (χ1v) is 14.4. The van der Waals surface area contributed by atoms with Gasteiger partial charge in [0, 0.05) is 68.8 Å². The molecule has 10 heteroatoms. The molecule has 0 radical (unpaired) electrons. The number of piperidine rings is 1. The summed E-state index contributed by atoms with van der Waals surface area (Å²) in [4.78, 5) is 21.2. The Kier molecular flexibility index (Phi) is 6.51. The highest BCUT2D eigenvalue weighted by atomic mass is 19.1. The molecule has 208 valence electrons. The Balaban J connectivity index is 1.07. The van der Waals surface area contributed by atoms with Gasteiger partial charge in [-0.15, -0.1) is 0 Å². The van der Waals surface area contributed by atoms with Crippen LogP contribution in [0.2, 0.25) is 0 Å². The van der Waals surface area contributed by atoms with Crippen molar-refractivity contribution >= 4 is 34.2 Å². The number of likely N-dealkylation sites (N-methyl/N-ethyl adjacent to an activating group) is 1. The summed E-state index contributed by atoms with van der Waals surface area (Å²) in [5.41, 5.74) is 9.19. The first kappa shape index (κ1) is 25.2. The van der Waals surface area contributed by atoms with Crippen LogP contribution in [0.3, 0.4) is 0 Å². The van der Waals surface area contributed by atoms with Crippen molar-refractivity contribution in [3.8, 4) is 5.82 Å². The average molecular weight is 542 g/mol. The molecule has 2 aliphatic heterocycles. The number of halogens is 1. The van der Waals surface area contributed by atoms with E-state index in [0.29, 0.717) is 40.4 Å². The van der Waals surface area contributed by atoms with E-state index in [9.17, 15) is 0 Å². The predicted molar refractivity (Wildman–Crippen MR) is 157 cm³/mol. The Labute approximate surface area is 233 Å². The van der Waals surface area contributed by atoms with Crippen molar-refractivity contribution in [1.29, 1.82) is 0 Å². The highest BCUT2D eigenvalue weighted by Gasteiger charge is 2.34. The summed E-state index contributed by atoms with van der Waals surface area (Å²) >= 11 is 0. The van der Waals surface area contributed by atoms with Crippen molar-refractivity contribution in [2.75, 3.05) is 62.3 Å². The van der Waals surface area contributed by atoms with Gasteiger partial charge in [0.1, 0.15) is 11.6 Å². The van der Waals surface area contributed by atoms with Gasteiger partial charge in [-0.05, 0) is 69.1 Å². The smallest absolute Gasteiger partial charge is 0.229 e. The van der Waals surface area contributed by atoms with E-state index >= 15 is 4.39 Å². The summed E-state index contributed by atoms with van der Waals surface area (Å²) in [5.74, 6) is 1.26. The second kappa shape index (κ2) is 10.3. The molecule has 1 saturated carbocycles. The largest absolute Gasteiger partial charge is 0.384 e. The number of pyridine rings is 1. The first-order valence-electron chi connectivity index (χ1n) is 14.4. The highest BCUT2D eigenvalue weighted by molar-refractivity contribution is 5.81. The maximum atomic E-state index is 15.5. The normalized spacial score (nSPS) is 19.4. The van der Waals surface area contributed by atoms with Crippen LogP contribution in [0.15, 0.2) is 48.7 Å². The molecule has 3 aliphatic rings. The van der Waals surface area contributed by atoms with Gasteiger partial charge in [0.2, 0.25) is 5.95 Å². The molecule has 40 heavy (non-hydrogen) atoms. The zero-order valence-electron chi connectivity index (χ0n) is 22.9. The average Bonchev–Trinajstić information content (AvgIpc) is 3.77. The Morgan fingerprint density at radius 1 is 0.900 bits per heavy atom. The van der Waals surface area contributed by atoms with Crippen molar-refractivity contribution in [2.24, 2.45) is 0 Å². The summed E-state index contributed by atoms with van der Waals surface area (Å²) in [6.07, 6.45) is 5.88. The summed E-state index contributed by atoms with van der Waals surface area (Å²) in [6, 6.07) is 14.5. The number of fused-ring (bicyclic) bond motifs is 1. The van der Waals surface area contributed by atoms with Gasteiger partial charge in [0.05, 0.1) is 11.1 Å². The Morgan fingerprint density at radius 3 is 2.35 bits per heavy atom. The molecule has 0 spiro atoms. The molecular formula is C30H36FN9. The molecule has 0 atom stereocenters. The minimum atomic E-state index is -0.269. The third-order valence-electron chi connectivity index (χ3n) is 8.64. The molecule has 5 heterocycles. The van der Waals surface area contributed by atoms with Crippen LogP contribution in [-0.4, -0.2) is 81.7 Å². The number of rotatable bonds is 6. The predicted octanol–water partition coefficient (Wildman–Crippen LogP) is 4.37. The van der Waals surface area contributed by atoms with Crippen molar-refractivity contribution in [2.45, 2.75) is 37.6 Å². The zero-order valence-corrected chi connectivity index (χ0v) is 22.9. The lowest BCUT2D eigenvalue weighted by Gasteiger charge is -2.42. The Morgan fingerprint density at radius 2 is 1.65 bits per heavy atom. The molecule has 0 bridgehead atoms. The Bertz CT molecular complexity index is 1500. The number of hydrogen-bond donors (Lipinski definition) is 2. The molecule has 0 unspecified atom stereocenters. The van der Waals surface area contributed by atoms with Crippen LogP contribution >= 0.6 is 0 Å². The van der Waals surface area contributed by atoms with E-state index < -0.39 is 0 Å². The number of hydrogen-bond acceptors (Lipinski definition) is 8. The van der Waals surface area contributed by atoms with E-state index in [4.69, 9.17) is 10.7 Å². The van der Waals surface area contributed by atoms with Gasteiger partial charge in [-0.25, -0.2) is 14.4 Å². The first-order chi connectivity index (χ1) is 19.5. The van der Waals surface area contributed by atoms with Crippen molar-refractivity contribution < 1.29 is 4.39 Å². The molecule has 3 aromatic heterocycles. The molecule has 1 aromatic carbocycles. The van der Waals surface area contributed by atoms with E-state index in [2.05, 4.69) is 61.3 Å². The molecule has 1 aliphatic carbocycles. The second-order valence-corrected chi connectivity index (χ2v) is 11.4. The van der Waals surface area contributed by atoms with Gasteiger partial charge in [0.25, 0.3) is 0 Å². The number of nitrogens with zero attached hydrogens (tertiary/aromatic N) is 7. The lowest BCUT2D eigenvalue weighted by atomic mass is 10.0. The number of piperazine rings is 1. The highest BCUT2D eigenvalue weighted by Crippen LogP contribution is 2.45. The third kappa shape index (κ3) is 4.86. The van der Waals surface area contributed by atoms with E-state index in [1.807, 2.05) is 12.1 Å². The third-order valence-corrected chi connectivity index (χ3v) is 8.64. The van der Waals surface area contributed by atoms with Crippen LogP contribution in [0, 0.1) is 5.82 Å². The number of nitrogens with two attached hydrogens (primary N) is 1. The summed E-state index contributed by atoms with van der Waals surface area (Å²) in [6.45, 7) is 6.87. The van der Waals surface area contributed by atoms with Crippen LogP contribution in [-0.2, 0) is 0 Å². The molecule has 0 amide bonds. The van der Waals surface area contributed by atoms with Crippen LogP contribution in [0.25, 0.3) is 16.9 Å². The van der Waals surface area contributed by atoms with E-state index in [1.54, 1.807) is 16.8 Å². The summed E-state index contributed by atoms with van der Waals surface area (Å²) in [5, 5.41) is 3.71. The van der Waals surface area contributed by atoms with Crippen molar-refractivity contribution in [3.05, 3.63) is 60.2 Å². The van der Waals surface area contributed by atoms with Gasteiger partial charge >= 0.3 is 0 Å². The van der Waals surface area contributed by atoms with Crippen LogP contribution < -0.4 is 16.0 Å². The van der Waals surface area contributed by atoms with Crippen molar-refractivity contribution in [3.63, 3.8) is 0 Å². The van der Waals surface area contributed by atoms with Crippen LogP contribution in [0.5, 0.6) is 0 Å². The summed E-state index contributed by atoms with van der Waals surface area (Å²) < 4.78 is 17.3. The van der Waals surface area contributed by atoms with Gasteiger partial charge in [-0.2, -0.15) is 4.98 Å². The second-order valence-electron chi connectivity index (χ2n) is 11.4. The molecule has 3 N–H and O–H groups in total. The van der Waals surface area contributed by atoms with E-state index in [-0.39, 0.29) is 11.7 Å². The topological polar surface area (TPSA) is 91.4 Å². The standard InChI is InChI=1S/C30H36FN9/c1-37-15-17-39(18-16-37)23-11-13-38(14-12-23)22-9-7-21(8-10-22)34-30-33-19-24-27(31)28(20-5-6-20)40(29(24)36-30)26-4-2-3-25(32)35-26/h2-4,7-10,19-20,23H,5-6,11-18H2,1H3,(H2,32,35)(H,33,34,36). The lowest BCUT2D eigenvalue weighted by Crippen LogP contribution is -2.52. The summed E-state index contributed by atoms with van der Waals surface area (Å²) in [7, 11) is 2.21. The number of anilines is 4. The SMILES string of the molecule is CN1CCN(C2CCN(c3ccc(Nc4ncc5c(F)c(C6CC6)n(-c6cccc(N)n6)c5n4)cc3)CC2)CC1. The molecule has 7 rings (SSSR count). The van der Waals surface area contributed by atoms with E-state index in [0.717, 1.165) is 31.6 Å². The van der Waals surface area contributed by atoms with Crippen molar-refractivity contribution in [1.82, 2.24) is 29.3 Å². The van der Waals surface area contributed by atoms with Gasteiger partial charge in [0.15, 0.2) is 11.5 Å². The fraction of sp³-hybridized carbons (Fsp3) is 0.433. The lowest BCUT2D eigenvalue weighted by molar-refractivity contribution is 0.0982. The fourth-order valence-corrected chi connectivity index (χ4v) is 6.18. The van der Waals surface area contributed by atoms with Gasteiger partial charge in [-0.3, -0.25) is 9.47 Å². The molecule has 9 nitrogen and oxygen atoms in total. The fourth-order valence-electron chi connectivity index (χ4n) is 6.18. The number of nitrogens with one attached hydrogen (secondary N) is 1. The maximum Gasteiger partial charge on any atom is 0.229 e. The van der Waals surface area contributed by atoms with Crippen LogP contribution in [0.4, 0.5) is 27.5 Å². The minimum absolute atomic E-state index is 0.160. The number of aromatic nitrogens is 4. The quantitative estimate of drug-likeness (QED) is 0.372. The van der Waals surface area contributed by atoms with Gasteiger partial charge < -0.3 is 20.9 Å². The van der Waals surface area contributed by atoms with Crippen LogP contribution in [0.1, 0.15) is 37.3 Å².